The molecule has 0 spiro atoms. The number of aliphatic hydroxyl groups excluding tert-OH is 2. The van der Waals surface area contributed by atoms with E-state index in [1.807, 2.05) is 0 Å². The van der Waals surface area contributed by atoms with Gasteiger partial charge in [0.1, 0.15) is 0 Å². The molecule has 0 amide bonds. The number of nitriles is 2. The van der Waals surface area contributed by atoms with Crippen molar-refractivity contribution in [1.29, 1.82) is 10.5 Å². The number of rotatable bonds is 3. The van der Waals surface area contributed by atoms with Crippen molar-refractivity contribution in [3.05, 3.63) is 0 Å². The highest BCUT2D eigenvalue weighted by atomic mass is 16.4. The third-order valence-electron chi connectivity index (χ3n) is 2.99. The van der Waals surface area contributed by atoms with Crippen LogP contribution < -0.4 is 0 Å². The first-order chi connectivity index (χ1) is 8.58. The van der Waals surface area contributed by atoms with Crippen molar-refractivity contribution in [2.45, 2.75) is 25.7 Å². The summed E-state index contributed by atoms with van der Waals surface area (Å²) in [5.74, 6) is -1.88. The Morgan fingerprint density at radius 3 is 1.50 bits per heavy atom. The van der Waals surface area contributed by atoms with Crippen LogP contribution in [-0.2, 0) is 4.79 Å². The largest absolute Gasteiger partial charge is 0.479 e. The summed E-state index contributed by atoms with van der Waals surface area (Å²) in [6.07, 6.45) is 4.40. The molecule has 0 radical (unpaired) electrons. The van der Waals surface area contributed by atoms with Crippen LogP contribution in [0.5, 0.6) is 0 Å². The molecule has 0 heterocycles. The average molecular weight is 254 g/mol. The Hall–Kier alpha value is -1.63. The Morgan fingerprint density at radius 2 is 1.39 bits per heavy atom. The zero-order valence-corrected chi connectivity index (χ0v) is 10.1. The van der Waals surface area contributed by atoms with Crippen LogP contribution in [0.1, 0.15) is 25.7 Å². The van der Waals surface area contributed by atoms with Gasteiger partial charge < -0.3 is 15.3 Å². The van der Waals surface area contributed by atoms with Crippen LogP contribution in [0.15, 0.2) is 0 Å². The van der Waals surface area contributed by atoms with Gasteiger partial charge in [0.25, 0.3) is 0 Å². The van der Waals surface area contributed by atoms with Crippen LogP contribution in [0, 0.1) is 40.4 Å². The molecule has 1 aliphatic rings. The second-order valence-electron chi connectivity index (χ2n) is 4.28. The van der Waals surface area contributed by atoms with Crippen molar-refractivity contribution in [1.82, 2.24) is 0 Å². The van der Waals surface area contributed by atoms with Crippen molar-refractivity contribution in [3.8, 4) is 12.1 Å². The molecule has 0 aromatic heterocycles. The standard InChI is InChI=1S/C8H16O2.C4H2N2O2/c9-5-7-1-2-8(6-10)4-3-7;5-1-3(2-6)4(7)8/h7-10H,1-6H2;3H,(H,7,8). The molecule has 0 aliphatic heterocycles. The maximum atomic E-state index is 9.72. The van der Waals surface area contributed by atoms with E-state index in [9.17, 15) is 4.79 Å². The van der Waals surface area contributed by atoms with Crippen molar-refractivity contribution in [3.63, 3.8) is 0 Å². The normalized spacial score (nSPS) is 22.3. The minimum absolute atomic E-state index is 0.331. The molecule has 0 atom stereocenters. The molecule has 1 rings (SSSR count). The molecular formula is C12H18N2O4. The van der Waals surface area contributed by atoms with E-state index in [-0.39, 0.29) is 0 Å². The van der Waals surface area contributed by atoms with Gasteiger partial charge in [0, 0.05) is 13.2 Å². The third-order valence-corrected chi connectivity index (χ3v) is 2.99. The van der Waals surface area contributed by atoms with Gasteiger partial charge in [-0.1, -0.05) is 0 Å². The number of carbonyl (C=O) groups is 1. The van der Waals surface area contributed by atoms with Crippen LogP contribution in [0.2, 0.25) is 0 Å². The van der Waals surface area contributed by atoms with Gasteiger partial charge in [-0.15, -0.1) is 0 Å². The maximum absolute atomic E-state index is 9.72. The summed E-state index contributed by atoms with van der Waals surface area (Å²) < 4.78 is 0. The minimum Gasteiger partial charge on any atom is -0.479 e. The predicted molar refractivity (Wildman–Crippen MR) is 62.0 cm³/mol. The Kier molecular flexibility index (Phi) is 8.55. The highest BCUT2D eigenvalue weighted by molar-refractivity contribution is 5.75. The lowest BCUT2D eigenvalue weighted by Gasteiger charge is -2.25. The molecule has 0 saturated heterocycles. The van der Waals surface area contributed by atoms with Gasteiger partial charge in [-0.2, -0.15) is 10.5 Å². The first kappa shape index (κ1) is 16.4. The van der Waals surface area contributed by atoms with Crippen molar-refractivity contribution in [2.75, 3.05) is 13.2 Å². The van der Waals surface area contributed by atoms with Gasteiger partial charge in [-0.05, 0) is 37.5 Å². The Balaban J connectivity index is 0.000000331. The Morgan fingerprint density at radius 1 is 1.06 bits per heavy atom. The van der Waals surface area contributed by atoms with Gasteiger partial charge in [0.15, 0.2) is 0 Å². The first-order valence-electron chi connectivity index (χ1n) is 5.82. The molecule has 100 valence electrons. The number of hydrogen-bond acceptors (Lipinski definition) is 5. The molecule has 1 saturated carbocycles. The molecule has 0 bridgehead atoms. The fourth-order valence-corrected chi connectivity index (χ4v) is 1.74. The van der Waals surface area contributed by atoms with E-state index in [1.165, 1.54) is 12.1 Å². The van der Waals surface area contributed by atoms with Gasteiger partial charge in [0.2, 0.25) is 5.92 Å². The summed E-state index contributed by atoms with van der Waals surface area (Å²) in [5.41, 5.74) is 0. The van der Waals surface area contributed by atoms with Crippen LogP contribution >= 0.6 is 0 Å². The molecule has 3 N–H and O–H groups in total. The van der Waals surface area contributed by atoms with Crippen LogP contribution in [0.3, 0.4) is 0 Å². The molecule has 6 nitrogen and oxygen atoms in total. The predicted octanol–water partition coefficient (Wildman–Crippen LogP) is 0.512. The van der Waals surface area contributed by atoms with Crippen LogP contribution in [-0.4, -0.2) is 34.5 Å². The van der Waals surface area contributed by atoms with Crippen LogP contribution in [0.4, 0.5) is 0 Å². The number of aliphatic carboxylic acids is 1. The molecule has 1 aliphatic carbocycles. The van der Waals surface area contributed by atoms with E-state index in [1.54, 1.807) is 0 Å². The summed E-state index contributed by atoms with van der Waals surface area (Å²) in [4.78, 5) is 9.72. The third kappa shape index (κ3) is 6.19. The summed E-state index contributed by atoms with van der Waals surface area (Å²) in [7, 11) is 0. The highest BCUT2D eigenvalue weighted by Crippen LogP contribution is 2.27. The van der Waals surface area contributed by atoms with E-state index in [0.717, 1.165) is 25.7 Å². The molecule has 18 heavy (non-hydrogen) atoms. The van der Waals surface area contributed by atoms with Crippen molar-refractivity contribution >= 4 is 5.97 Å². The number of carboxylic acid groups (broad SMARTS) is 1. The lowest BCUT2D eigenvalue weighted by molar-refractivity contribution is -0.138. The van der Waals surface area contributed by atoms with E-state index >= 15 is 0 Å². The first-order valence-corrected chi connectivity index (χ1v) is 5.82. The second kappa shape index (κ2) is 9.41. The van der Waals surface area contributed by atoms with Crippen molar-refractivity contribution < 1.29 is 20.1 Å². The molecule has 0 aromatic carbocycles. The average Bonchev–Trinajstić information content (AvgIpc) is 2.40. The summed E-state index contributed by atoms with van der Waals surface area (Å²) in [5, 5.41) is 41.2. The quantitative estimate of drug-likeness (QED) is 0.673. The molecule has 1 fully saturated rings. The van der Waals surface area contributed by atoms with Gasteiger partial charge in [-0.25, -0.2) is 4.79 Å². The van der Waals surface area contributed by atoms with E-state index in [2.05, 4.69) is 0 Å². The van der Waals surface area contributed by atoms with E-state index in [4.69, 9.17) is 25.8 Å². The zero-order valence-electron chi connectivity index (χ0n) is 10.1. The lowest BCUT2D eigenvalue weighted by Crippen LogP contribution is -2.19. The fourth-order valence-electron chi connectivity index (χ4n) is 1.74. The summed E-state index contributed by atoms with van der Waals surface area (Å²) >= 11 is 0. The smallest absolute Gasteiger partial charge is 0.335 e. The monoisotopic (exact) mass is 254 g/mol. The van der Waals surface area contributed by atoms with E-state index < -0.39 is 11.9 Å². The fraction of sp³-hybridized carbons (Fsp3) is 0.750. The molecule has 0 aromatic rings. The number of nitrogens with zero attached hydrogens (tertiary/aromatic N) is 2. The zero-order chi connectivity index (χ0) is 14.0. The SMILES string of the molecule is N#CC(C#N)C(=O)O.OCC1CCC(CO)CC1. The topological polar surface area (TPSA) is 125 Å². The minimum atomic E-state index is -1.52. The molecular weight excluding hydrogens is 236 g/mol. The maximum Gasteiger partial charge on any atom is 0.335 e. The summed E-state index contributed by atoms with van der Waals surface area (Å²) in [6, 6.07) is 2.58. The Labute approximate surface area is 106 Å². The number of aliphatic hydroxyl groups is 2. The molecule has 6 heteroatoms. The number of carboxylic acids is 1. The number of hydrogen-bond donors (Lipinski definition) is 3. The molecule has 0 unspecified atom stereocenters. The van der Waals surface area contributed by atoms with Crippen molar-refractivity contribution in [2.24, 2.45) is 17.8 Å². The highest BCUT2D eigenvalue weighted by Gasteiger charge is 2.19. The van der Waals surface area contributed by atoms with E-state index in [0.29, 0.717) is 25.0 Å². The second-order valence-corrected chi connectivity index (χ2v) is 4.28. The van der Waals surface area contributed by atoms with Crippen LogP contribution in [0.25, 0.3) is 0 Å². The van der Waals surface area contributed by atoms with Gasteiger partial charge in [-0.3, -0.25) is 0 Å². The summed E-state index contributed by atoms with van der Waals surface area (Å²) in [6.45, 7) is 0.663. The van der Waals surface area contributed by atoms with Gasteiger partial charge >= 0.3 is 5.97 Å². The lowest BCUT2D eigenvalue weighted by atomic mass is 9.83. The van der Waals surface area contributed by atoms with Gasteiger partial charge in [0.05, 0.1) is 12.1 Å². The Bertz CT molecular complexity index is 298.